The standard InChI is InChI=1S/C15H20N2O3S/c1-15(2,3)9-12(18)17-14(21)16-11-7-5-10(6-8-11)13(19)20-4/h5-8H,9H2,1-4H3,(H2,16,17,18,21). The number of rotatable bonds is 3. The molecule has 0 heterocycles. The van der Waals surface area contributed by atoms with Crippen LogP contribution in [0, 0.1) is 5.41 Å². The lowest BCUT2D eigenvalue weighted by molar-refractivity contribution is -0.121. The van der Waals surface area contributed by atoms with Crippen molar-refractivity contribution in [3.63, 3.8) is 0 Å². The summed E-state index contributed by atoms with van der Waals surface area (Å²) in [5, 5.41) is 5.74. The minimum absolute atomic E-state index is 0.0954. The molecule has 5 nitrogen and oxygen atoms in total. The molecule has 0 saturated carbocycles. The molecule has 0 aromatic heterocycles. The van der Waals surface area contributed by atoms with Crippen LogP contribution in [0.15, 0.2) is 24.3 Å². The predicted octanol–water partition coefficient (Wildman–Crippen LogP) is 2.72. The summed E-state index contributed by atoms with van der Waals surface area (Å²) < 4.78 is 4.61. The molecule has 0 spiro atoms. The Balaban J connectivity index is 2.55. The molecule has 0 saturated heterocycles. The van der Waals surface area contributed by atoms with Crippen LogP contribution in [0.2, 0.25) is 0 Å². The van der Waals surface area contributed by atoms with E-state index in [1.54, 1.807) is 24.3 Å². The number of nitrogens with one attached hydrogen (secondary N) is 2. The Labute approximate surface area is 130 Å². The smallest absolute Gasteiger partial charge is 0.337 e. The molecule has 0 unspecified atom stereocenters. The SMILES string of the molecule is COC(=O)c1ccc(NC(=S)NC(=O)CC(C)(C)C)cc1. The van der Waals surface area contributed by atoms with Crippen LogP contribution in [0.1, 0.15) is 37.6 Å². The number of carbonyl (C=O) groups excluding carboxylic acids is 2. The molecule has 0 aliphatic rings. The van der Waals surface area contributed by atoms with Crippen molar-refractivity contribution in [1.82, 2.24) is 5.32 Å². The lowest BCUT2D eigenvalue weighted by Crippen LogP contribution is -2.36. The van der Waals surface area contributed by atoms with E-state index in [0.29, 0.717) is 17.7 Å². The van der Waals surface area contributed by atoms with Crippen molar-refractivity contribution >= 4 is 34.9 Å². The van der Waals surface area contributed by atoms with Gasteiger partial charge in [0.05, 0.1) is 12.7 Å². The van der Waals surface area contributed by atoms with Crippen LogP contribution in [0.5, 0.6) is 0 Å². The van der Waals surface area contributed by atoms with E-state index < -0.39 is 5.97 Å². The molecule has 1 rings (SSSR count). The zero-order chi connectivity index (χ0) is 16.0. The summed E-state index contributed by atoms with van der Waals surface area (Å²) in [5.41, 5.74) is 1.04. The minimum Gasteiger partial charge on any atom is -0.465 e. The summed E-state index contributed by atoms with van der Waals surface area (Å²) >= 11 is 5.07. The Morgan fingerprint density at radius 1 is 1.19 bits per heavy atom. The normalized spacial score (nSPS) is 10.7. The third-order valence-electron chi connectivity index (χ3n) is 2.51. The first-order valence-corrected chi connectivity index (χ1v) is 6.91. The number of hydrogen-bond donors (Lipinski definition) is 2. The molecular formula is C15H20N2O3S. The van der Waals surface area contributed by atoms with Crippen molar-refractivity contribution in [2.75, 3.05) is 12.4 Å². The number of esters is 1. The van der Waals surface area contributed by atoms with Crippen molar-refractivity contribution in [2.45, 2.75) is 27.2 Å². The van der Waals surface area contributed by atoms with Crippen molar-refractivity contribution in [1.29, 1.82) is 0 Å². The van der Waals surface area contributed by atoms with Crippen LogP contribution >= 0.6 is 12.2 Å². The summed E-state index contributed by atoms with van der Waals surface area (Å²) in [6.45, 7) is 5.94. The van der Waals surface area contributed by atoms with Gasteiger partial charge in [-0.2, -0.15) is 0 Å². The maximum absolute atomic E-state index is 11.7. The maximum atomic E-state index is 11.7. The Hall–Kier alpha value is -1.95. The number of carbonyl (C=O) groups is 2. The summed E-state index contributed by atoms with van der Waals surface area (Å²) in [6.07, 6.45) is 0.385. The van der Waals surface area contributed by atoms with E-state index in [1.807, 2.05) is 20.8 Å². The highest BCUT2D eigenvalue weighted by molar-refractivity contribution is 7.80. The second kappa shape index (κ2) is 7.17. The molecule has 2 N–H and O–H groups in total. The molecule has 0 aliphatic heterocycles. The fourth-order valence-corrected chi connectivity index (χ4v) is 1.85. The Kier molecular flexibility index (Phi) is 5.84. The number of thiocarbonyl (C=S) groups is 1. The zero-order valence-electron chi connectivity index (χ0n) is 12.6. The molecule has 1 amide bonds. The van der Waals surface area contributed by atoms with Gasteiger partial charge in [-0.3, -0.25) is 4.79 Å². The number of benzene rings is 1. The lowest BCUT2D eigenvalue weighted by Gasteiger charge is -2.17. The van der Waals surface area contributed by atoms with E-state index in [1.165, 1.54) is 7.11 Å². The molecule has 21 heavy (non-hydrogen) atoms. The Morgan fingerprint density at radius 2 is 1.76 bits per heavy atom. The topological polar surface area (TPSA) is 67.4 Å². The van der Waals surface area contributed by atoms with Crippen LogP contribution in [-0.2, 0) is 9.53 Å². The third-order valence-corrected chi connectivity index (χ3v) is 2.71. The molecule has 6 heteroatoms. The highest BCUT2D eigenvalue weighted by Gasteiger charge is 2.16. The fourth-order valence-electron chi connectivity index (χ4n) is 1.62. The molecule has 0 radical (unpaired) electrons. The van der Waals surface area contributed by atoms with Gasteiger partial charge in [0.1, 0.15) is 0 Å². The van der Waals surface area contributed by atoms with Gasteiger partial charge in [-0.15, -0.1) is 0 Å². The molecule has 0 bridgehead atoms. The minimum atomic E-state index is -0.400. The summed E-state index contributed by atoms with van der Waals surface area (Å²) in [7, 11) is 1.33. The number of amides is 1. The van der Waals surface area contributed by atoms with Crippen molar-refractivity contribution in [3.05, 3.63) is 29.8 Å². The van der Waals surface area contributed by atoms with Crippen LogP contribution in [0.3, 0.4) is 0 Å². The second-order valence-corrected chi connectivity index (χ2v) is 6.22. The van der Waals surface area contributed by atoms with E-state index in [-0.39, 0.29) is 16.4 Å². The first-order valence-electron chi connectivity index (χ1n) is 6.50. The van der Waals surface area contributed by atoms with E-state index in [2.05, 4.69) is 15.4 Å². The van der Waals surface area contributed by atoms with Gasteiger partial charge in [0.15, 0.2) is 5.11 Å². The first kappa shape index (κ1) is 17.1. The van der Waals surface area contributed by atoms with E-state index in [0.717, 1.165) is 0 Å². The van der Waals surface area contributed by atoms with Gasteiger partial charge in [0.2, 0.25) is 5.91 Å². The van der Waals surface area contributed by atoms with Gasteiger partial charge in [0.25, 0.3) is 0 Å². The van der Waals surface area contributed by atoms with E-state index in [4.69, 9.17) is 12.2 Å². The molecule has 114 valence electrons. The molecule has 0 fully saturated rings. The molecule has 1 aromatic carbocycles. The van der Waals surface area contributed by atoms with Crippen LogP contribution in [-0.4, -0.2) is 24.1 Å². The van der Waals surface area contributed by atoms with E-state index >= 15 is 0 Å². The van der Waals surface area contributed by atoms with Crippen molar-refractivity contribution in [2.24, 2.45) is 5.41 Å². The lowest BCUT2D eigenvalue weighted by atomic mass is 9.92. The molecule has 0 aliphatic carbocycles. The largest absolute Gasteiger partial charge is 0.465 e. The van der Waals surface area contributed by atoms with Gasteiger partial charge < -0.3 is 15.4 Å². The van der Waals surface area contributed by atoms with Gasteiger partial charge in [0, 0.05) is 12.1 Å². The number of hydrogen-bond acceptors (Lipinski definition) is 4. The molecular weight excluding hydrogens is 288 g/mol. The Morgan fingerprint density at radius 3 is 2.24 bits per heavy atom. The Bertz CT molecular complexity index is 533. The summed E-state index contributed by atoms with van der Waals surface area (Å²) in [6, 6.07) is 6.62. The van der Waals surface area contributed by atoms with Crippen LogP contribution in [0.4, 0.5) is 5.69 Å². The van der Waals surface area contributed by atoms with Crippen LogP contribution < -0.4 is 10.6 Å². The highest BCUT2D eigenvalue weighted by atomic mass is 32.1. The molecule has 1 aromatic rings. The average Bonchev–Trinajstić information content (AvgIpc) is 2.36. The average molecular weight is 308 g/mol. The third kappa shape index (κ3) is 6.35. The van der Waals surface area contributed by atoms with Gasteiger partial charge in [-0.25, -0.2) is 4.79 Å². The van der Waals surface area contributed by atoms with Gasteiger partial charge in [-0.1, -0.05) is 20.8 Å². The second-order valence-electron chi connectivity index (χ2n) is 5.81. The highest BCUT2D eigenvalue weighted by Crippen LogP contribution is 2.17. The maximum Gasteiger partial charge on any atom is 0.337 e. The zero-order valence-corrected chi connectivity index (χ0v) is 13.5. The summed E-state index contributed by atoms with van der Waals surface area (Å²) in [5.74, 6) is -0.534. The number of methoxy groups -OCH3 is 1. The van der Waals surface area contributed by atoms with Crippen molar-refractivity contribution < 1.29 is 14.3 Å². The van der Waals surface area contributed by atoms with E-state index in [9.17, 15) is 9.59 Å². The number of ether oxygens (including phenoxy) is 1. The monoisotopic (exact) mass is 308 g/mol. The fraction of sp³-hybridized carbons (Fsp3) is 0.400. The molecule has 0 atom stereocenters. The van der Waals surface area contributed by atoms with Gasteiger partial charge in [-0.05, 0) is 41.9 Å². The van der Waals surface area contributed by atoms with Gasteiger partial charge >= 0.3 is 5.97 Å². The van der Waals surface area contributed by atoms with Crippen LogP contribution in [0.25, 0.3) is 0 Å². The quantitative estimate of drug-likeness (QED) is 0.664. The first-order chi connectivity index (χ1) is 9.71. The number of anilines is 1. The summed E-state index contributed by atoms with van der Waals surface area (Å²) in [4.78, 5) is 23.0. The van der Waals surface area contributed by atoms with Crippen molar-refractivity contribution in [3.8, 4) is 0 Å². The predicted molar refractivity (Wildman–Crippen MR) is 86.2 cm³/mol.